The van der Waals surface area contributed by atoms with Crippen LogP contribution >= 0.6 is 0 Å². The fourth-order valence-corrected chi connectivity index (χ4v) is 7.09. The highest BCUT2D eigenvalue weighted by molar-refractivity contribution is 5.92. The highest BCUT2D eigenvalue weighted by atomic mass is 16.5. The van der Waals surface area contributed by atoms with Crippen molar-refractivity contribution in [3.63, 3.8) is 0 Å². The molecule has 13 heteroatoms. The van der Waals surface area contributed by atoms with Crippen molar-refractivity contribution in [3.05, 3.63) is 35.9 Å². The van der Waals surface area contributed by atoms with Crippen molar-refractivity contribution in [2.45, 2.75) is 129 Å². The maximum absolute atomic E-state index is 14.2. The second-order valence-electron chi connectivity index (χ2n) is 15.5. The van der Waals surface area contributed by atoms with Crippen molar-refractivity contribution in [1.82, 2.24) is 20.4 Å². The van der Waals surface area contributed by atoms with Gasteiger partial charge in [0.1, 0.15) is 12.1 Å². The summed E-state index contributed by atoms with van der Waals surface area (Å²) in [4.78, 5) is 71.2. The second-order valence-corrected chi connectivity index (χ2v) is 15.5. The maximum Gasteiger partial charge on any atom is 0.328 e. The molecule has 1 heterocycles. The molecule has 0 spiro atoms. The van der Waals surface area contributed by atoms with Gasteiger partial charge in [-0.15, -0.1) is 0 Å². The molecule has 0 radical (unpaired) electrons. The van der Waals surface area contributed by atoms with Gasteiger partial charge < -0.3 is 40.4 Å². The molecule has 300 valence electrons. The minimum absolute atomic E-state index is 0.00888. The number of methoxy groups -OCH3 is 3. The standard InChI is InChI=1S/C40H67N5O8/c1-13-26(6)34(44(9)37(48)33(24(2)3)43-39(50)40(8,41)25(4)5)31(51-10)23-32(46)45-21-17-20-30(45)35(52-11)27(7)36(47)42-29(38(49)53-12)22-28-18-15-14-16-19-28/h14-16,18-19,24-27,29-31,33-35H,13,17,20-23,41H2,1-12H3,(H,42,47)(H,43,50)/t26-,27?,29-,30-,31+,33-,34?,35+,40+/m0/s1. The van der Waals surface area contributed by atoms with Crippen LogP contribution in [-0.4, -0.2) is 116 Å². The first-order valence-corrected chi connectivity index (χ1v) is 19.0. The van der Waals surface area contributed by atoms with E-state index in [1.54, 1.807) is 30.7 Å². The molecular formula is C40H67N5O8. The Balaban J connectivity index is 2.28. The number of ether oxygens (including phenoxy) is 3. The number of esters is 1. The van der Waals surface area contributed by atoms with E-state index < -0.39 is 59.7 Å². The number of rotatable bonds is 20. The fourth-order valence-electron chi connectivity index (χ4n) is 7.09. The van der Waals surface area contributed by atoms with E-state index >= 15 is 0 Å². The Morgan fingerprint density at radius 3 is 2.11 bits per heavy atom. The van der Waals surface area contributed by atoms with Gasteiger partial charge in [0, 0.05) is 34.2 Å². The van der Waals surface area contributed by atoms with Crippen LogP contribution in [0, 0.1) is 23.7 Å². The maximum atomic E-state index is 14.2. The average Bonchev–Trinajstić information content (AvgIpc) is 3.62. The summed E-state index contributed by atoms with van der Waals surface area (Å²) in [5.74, 6) is -2.94. The van der Waals surface area contributed by atoms with Crippen LogP contribution in [0.4, 0.5) is 0 Å². The number of carbonyl (C=O) groups excluding carboxylic acids is 5. The molecule has 1 aliphatic rings. The molecule has 1 saturated heterocycles. The Bertz CT molecular complexity index is 1360. The normalized spacial score (nSPS) is 19.7. The van der Waals surface area contributed by atoms with Crippen LogP contribution in [0.3, 0.4) is 0 Å². The molecule has 53 heavy (non-hydrogen) atoms. The van der Waals surface area contributed by atoms with E-state index in [0.29, 0.717) is 19.4 Å². The van der Waals surface area contributed by atoms with Gasteiger partial charge in [-0.2, -0.15) is 0 Å². The first-order chi connectivity index (χ1) is 24.9. The largest absolute Gasteiger partial charge is 0.467 e. The summed E-state index contributed by atoms with van der Waals surface area (Å²) in [6.07, 6.45) is 1.01. The molecule has 0 saturated carbocycles. The summed E-state index contributed by atoms with van der Waals surface area (Å²) < 4.78 is 16.9. The van der Waals surface area contributed by atoms with Gasteiger partial charge in [0.2, 0.25) is 23.6 Å². The summed E-state index contributed by atoms with van der Waals surface area (Å²) in [6.45, 7) is 15.4. The lowest BCUT2D eigenvalue weighted by molar-refractivity contribution is -0.149. The van der Waals surface area contributed by atoms with Crippen molar-refractivity contribution in [2.75, 3.05) is 34.9 Å². The van der Waals surface area contributed by atoms with Crippen molar-refractivity contribution < 1.29 is 38.2 Å². The smallest absolute Gasteiger partial charge is 0.328 e. The molecule has 1 fully saturated rings. The Kier molecular flexibility index (Phi) is 17.9. The van der Waals surface area contributed by atoms with Crippen LogP contribution in [0.1, 0.15) is 86.6 Å². The third-order valence-corrected chi connectivity index (χ3v) is 11.3. The molecule has 1 aromatic rings. The number of hydrogen-bond donors (Lipinski definition) is 3. The Morgan fingerprint density at radius 1 is 0.981 bits per heavy atom. The van der Waals surface area contributed by atoms with Crippen molar-refractivity contribution in [3.8, 4) is 0 Å². The molecule has 13 nitrogen and oxygen atoms in total. The average molecular weight is 746 g/mol. The zero-order valence-electron chi connectivity index (χ0n) is 34.1. The number of likely N-dealkylation sites (N-methyl/N-ethyl adjacent to an activating group) is 1. The molecule has 0 bridgehead atoms. The number of benzene rings is 1. The first-order valence-electron chi connectivity index (χ1n) is 19.0. The van der Waals surface area contributed by atoms with Crippen LogP contribution in [0.5, 0.6) is 0 Å². The quantitative estimate of drug-likeness (QED) is 0.170. The lowest BCUT2D eigenvalue weighted by Crippen LogP contribution is -2.62. The lowest BCUT2D eigenvalue weighted by Gasteiger charge is -2.41. The van der Waals surface area contributed by atoms with Gasteiger partial charge in [-0.05, 0) is 43.1 Å². The molecule has 0 aliphatic carbocycles. The summed E-state index contributed by atoms with van der Waals surface area (Å²) in [5, 5.41) is 5.76. The predicted octanol–water partition coefficient (Wildman–Crippen LogP) is 3.32. The van der Waals surface area contributed by atoms with E-state index in [1.165, 1.54) is 21.3 Å². The molecule has 1 aromatic carbocycles. The van der Waals surface area contributed by atoms with E-state index in [-0.39, 0.29) is 48.3 Å². The van der Waals surface area contributed by atoms with E-state index in [9.17, 15) is 24.0 Å². The fraction of sp³-hybridized carbons (Fsp3) is 0.725. The van der Waals surface area contributed by atoms with Crippen LogP contribution in [0.25, 0.3) is 0 Å². The third kappa shape index (κ3) is 11.7. The van der Waals surface area contributed by atoms with Crippen LogP contribution in [-0.2, 0) is 44.6 Å². The number of amides is 4. The van der Waals surface area contributed by atoms with Gasteiger partial charge in [0.25, 0.3) is 0 Å². The Hall–Kier alpha value is -3.55. The van der Waals surface area contributed by atoms with Gasteiger partial charge in [0.05, 0.1) is 49.3 Å². The monoisotopic (exact) mass is 745 g/mol. The van der Waals surface area contributed by atoms with Crippen molar-refractivity contribution >= 4 is 29.6 Å². The molecule has 4 N–H and O–H groups in total. The second kappa shape index (κ2) is 20.8. The SMILES string of the molecule is CC[C@H](C)C([C@@H](CC(=O)N1CCC[C@H]1[C@H](OC)C(C)C(=O)N[C@@H](Cc1ccccc1)C(=O)OC)OC)N(C)C(=O)[C@@H](NC(=O)[C@](C)(N)C(C)C)C(C)C. The van der Waals surface area contributed by atoms with Gasteiger partial charge in [-0.25, -0.2) is 4.79 Å². The molecule has 0 aromatic heterocycles. The first kappa shape index (κ1) is 45.6. The predicted molar refractivity (Wildman–Crippen MR) is 204 cm³/mol. The molecule has 1 aliphatic heterocycles. The van der Waals surface area contributed by atoms with E-state index in [2.05, 4.69) is 10.6 Å². The zero-order chi connectivity index (χ0) is 40.2. The number of carbonyl (C=O) groups is 5. The minimum Gasteiger partial charge on any atom is -0.467 e. The van der Waals surface area contributed by atoms with Crippen molar-refractivity contribution in [2.24, 2.45) is 29.4 Å². The highest BCUT2D eigenvalue weighted by Gasteiger charge is 2.44. The molecule has 2 unspecified atom stereocenters. The number of nitrogens with zero attached hydrogens (tertiary/aromatic N) is 2. The third-order valence-electron chi connectivity index (χ3n) is 11.3. The van der Waals surface area contributed by atoms with E-state index in [4.69, 9.17) is 19.9 Å². The Labute approximate surface area is 317 Å². The summed E-state index contributed by atoms with van der Waals surface area (Å²) in [6, 6.07) is 6.75. The van der Waals surface area contributed by atoms with Crippen LogP contribution in [0.2, 0.25) is 0 Å². The van der Waals surface area contributed by atoms with E-state index in [0.717, 1.165) is 12.0 Å². The van der Waals surface area contributed by atoms with E-state index in [1.807, 2.05) is 71.9 Å². The topological polar surface area (TPSA) is 170 Å². The van der Waals surface area contributed by atoms with Crippen molar-refractivity contribution in [1.29, 1.82) is 0 Å². The number of likely N-dealkylation sites (tertiary alicyclic amines) is 1. The number of hydrogen-bond acceptors (Lipinski definition) is 9. The Morgan fingerprint density at radius 2 is 1.60 bits per heavy atom. The van der Waals surface area contributed by atoms with Gasteiger partial charge in [0.15, 0.2) is 0 Å². The number of nitrogens with two attached hydrogens (primary N) is 1. The zero-order valence-corrected chi connectivity index (χ0v) is 34.1. The summed E-state index contributed by atoms with van der Waals surface area (Å²) in [5.41, 5.74) is 6.04. The number of nitrogens with one attached hydrogen (secondary N) is 2. The van der Waals surface area contributed by atoms with Crippen LogP contribution in [0.15, 0.2) is 30.3 Å². The lowest BCUT2D eigenvalue weighted by atomic mass is 9.87. The van der Waals surface area contributed by atoms with Gasteiger partial charge in [-0.1, -0.05) is 85.2 Å². The van der Waals surface area contributed by atoms with Gasteiger partial charge >= 0.3 is 5.97 Å². The minimum atomic E-state index is -1.17. The summed E-state index contributed by atoms with van der Waals surface area (Å²) in [7, 11) is 6.04. The molecule has 4 amide bonds. The summed E-state index contributed by atoms with van der Waals surface area (Å²) >= 11 is 0. The highest BCUT2D eigenvalue weighted by Crippen LogP contribution is 2.30. The molecule has 2 rings (SSSR count). The molecular weight excluding hydrogens is 678 g/mol. The van der Waals surface area contributed by atoms with Crippen LogP contribution < -0.4 is 16.4 Å². The van der Waals surface area contributed by atoms with Gasteiger partial charge in [-0.3, -0.25) is 19.2 Å². The molecule has 9 atom stereocenters.